The molecule has 0 saturated heterocycles. The third-order valence-electron chi connectivity index (χ3n) is 6.93. The van der Waals surface area contributed by atoms with Crippen molar-refractivity contribution in [3.63, 3.8) is 0 Å². The number of rotatable bonds is 18. The van der Waals surface area contributed by atoms with Crippen LogP contribution in [-0.2, 0) is 0 Å². The molecule has 0 bridgehead atoms. The normalized spacial score (nSPS) is 18.3. The lowest BCUT2D eigenvalue weighted by Crippen LogP contribution is -2.03. The van der Waals surface area contributed by atoms with E-state index in [4.69, 9.17) is 19.5 Å². The molecule has 0 fully saturated rings. The van der Waals surface area contributed by atoms with Gasteiger partial charge in [0.2, 0.25) is 0 Å². The predicted octanol–water partition coefficient (Wildman–Crippen LogP) is 9.50. The number of unbranched alkanes of at least 4 members (excludes halogenated alkanes) is 10. The number of aliphatic imine (C=N–C) groups is 2. The van der Waals surface area contributed by atoms with Crippen LogP contribution in [0.1, 0.15) is 102 Å². The van der Waals surface area contributed by atoms with Gasteiger partial charge in [0, 0.05) is 11.1 Å². The van der Waals surface area contributed by atoms with Gasteiger partial charge in [-0.1, -0.05) is 102 Å². The highest BCUT2D eigenvalue weighted by atomic mass is 32.2. The average Bonchev–Trinajstić information content (AvgIpc) is 3.53. The molecule has 206 valence electrons. The molecule has 0 saturated carbocycles. The van der Waals surface area contributed by atoms with Gasteiger partial charge in [0.1, 0.15) is 32.3 Å². The van der Waals surface area contributed by atoms with Crippen molar-refractivity contribution in [3.05, 3.63) is 59.7 Å². The Labute approximate surface area is 238 Å². The van der Waals surface area contributed by atoms with Crippen LogP contribution in [0.25, 0.3) is 0 Å². The van der Waals surface area contributed by atoms with Gasteiger partial charge in [0.25, 0.3) is 0 Å². The maximum atomic E-state index is 5.94. The Balaban J connectivity index is 1.17. The van der Waals surface area contributed by atoms with Gasteiger partial charge < -0.3 is 9.47 Å². The molecule has 2 aromatic carbocycles. The summed E-state index contributed by atoms with van der Waals surface area (Å²) in [6, 6.07) is 16.8. The van der Waals surface area contributed by atoms with Crippen molar-refractivity contribution in [3.8, 4) is 11.5 Å². The molecule has 0 radical (unpaired) electrons. The zero-order valence-corrected chi connectivity index (χ0v) is 24.8. The minimum atomic E-state index is 0.150. The lowest BCUT2D eigenvalue weighted by Gasteiger charge is -2.08. The van der Waals surface area contributed by atoms with E-state index in [1.165, 1.54) is 64.2 Å². The summed E-state index contributed by atoms with van der Waals surface area (Å²) in [6.07, 6.45) is 15.4. The Morgan fingerprint density at radius 3 is 1.29 bits per heavy atom. The van der Waals surface area contributed by atoms with Crippen molar-refractivity contribution >= 4 is 33.6 Å². The van der Waals surface area contributed by atoms with Gasteiger partial charge in [-0.15, -0.1) is 0 Å². The molecule has 2 aliphatic heterocycles. The van der Waals surface area contributed by atoms with Crippen LogP contribution in [0.15, 0.2) is 58.5 Å². The number of benzene rings is 2. The summed E-state index contributed by atoms with van der Waals surface area (Å²) in [5.41, 5.74) is 2.31. The lowest BCUT2D eigenvalue weighted by atomic mass is 10.1. The van der Waals surface area contributed by atoms with Crippen LogP contribution in [0.5, 0.6) is 11.5 Å². The van der Waals surface area contributed by atoms with E-state index in [0.717, 1.165) is 58.8 Å². The highest BCUT2D eigenvalue weighted by Gasteiger charge is 2.37. The molecule has 2 aromatic rings. The van der Waals surface area contributed by atoms with E-state index in [-0.39, 0.29) is 10.7 Å². The SMILES string of the molecule is CCCCCCCCOc1ccc(C2=NC3SC(c4ccc(OCCCCCCCC)cc4)=NC3S2)cc1. The number of fused-ring (bicyclic) bond motifs is 1. The van der Waals surface area contributed by atoms with Gasteiger partial charge in [-0.2, -0.15) is 0 Å². The fraction of sp³-hybridized carbons (Fsp3) is 0.562. The molecule has 0 aliphatic carbocycles. The summed E-state index contributed by atoms with van der Waals surface area (Å²) >= 11 is 3.54. The van der Waals surface area contributed by atoms with Crippen LogP contribution < -0.4 is 9.47 Å². The van der Waals surface area contributed by atoms with E-state index < -0.39 is 0 Å². The van der Waals surface area contributed by atoms with E-state index in [9.17, 15) is 0 Å². The number of ether oxygens (including phenoxy) is 2. The second-order valence-corrected chi connectivity index (χ2v) is 12.4. The van der Waals surface area contributed by atoms with Crippen LogP contribution >= 0.6 is 23.5 Å². The van der Waals surface area contributed by atoms with Crippen molar-refractivity contribution in [2.75, 3.05) is 13.2 Å². The van der Waals surface area contributed by atoms with E-state index in [0.29, 0.717) is 0 Å². The summed E-state index contributed by atoms with van der Waals surface area (Å²) in [7, 11) is 0. The minimum Gasteiger partial charge on any atom is -0.494 e. The second kappa shape index (κ2) is 16.2. The summed E-state index contributed by atoms with van der Waals surface area (Å²) in [5, 5.41) is 2.46. The standard InChI is InChI=1S/C32H44N2O2S2/c1-3-5-7-9-11-13-23-35-27-19-15-25(16-20-27)29-33-31-32(37-29)34-30(38-31)26-17-21-28(22-18-26)36-24-14-12-10-8-6-4-2/h15-22,31-32H,3-14,23-24H2,1-2H3. The Morgan fingerprint density at radius 2 is 0.895 bits per heavy atom. The summed E-state index contributed by atoms with van der Waals surface area (Å²) in [5.74, 6) is 1.89. The van der Waals surface area contributed by atoms with E-state index >= 15 is 0 Å². The number of hydrogen-bond acceptors (Lipinski definition) is 6. The first kappa shape index (κ1) is 29.1. The monoisotopic (exact) mass is 552 g/mol. The first-order valence-corrected chi connectivity index (χ1v) is 16.5. The Morgan fingerprint density at radius 1 is 0.526 bits per heavy atom. The van der Waals surface area contributed by atoms with Gasteiger partial charge in [-0.3, -0.25) is 9.98 Å². The molecule has 0 amide bonds. The molecule has 0 aromatic heterocycles. The molecule has 2 heterocycles. The van der Waals surface area contributed by atoms with Crippen LogP contribution in [0, 0.1) is 0 Å². The molecule has 38 heavy (non-hydrogen) atoms. The number of nitrogens with zero attached hydrogens (tertiary/aromatic N) is 2. The van der Waals surface area contributed by atoms with Crippen LogP contribution in [0.4, 0.5) is 0 Å². The number of hydrogen-bond donors (Lipinski definition) is 0. The minimum absolute atomic E-state index is 0.150. The summed E-state index contributed by atoms with van der Waals surface area (Å²) in [4.78, 5) is 9.99. The fourth-order valence-electron chi connectivity index (χ4n) is 4.63. The van der Waals surface area contributed by atoms with Crippen LogP contribution in [0.2, 0.25) is 0 Å². The molecule has 2 unspecified atom stereocenters. The highest BCUT2D eigenvalue weighted by Crippen LogP contribution is 2.43. The van der Waals surface area contributed by atoms with E-state index in [1.54, 1.807) is 23.5 Å². The molecule has 4 rings (SSSR count). The smallest absolute Gasteiger partial charge is 0.134 e. The molecule has 0 spiro atoms. The molecular formula is C32H44N2O2S2. The largest absolute Gasteiger partial charge is 0.494 e. The van der Waals surface area contributed by atoms with Crippen molar-refractivity contribution in [1.29, 1.82) is 0 Å². The van der Waals surface area contributed by atoms with Crippen molar-refractivity contribution in [2.24, 2.45) is 9.98 Å². The molecule has 2 atom stereocenters. The molecule has 2 aliphatic rings. The summed E-state index contributed by atoms with van der Waals surface area (Å²) in [6.45, 7) is 6.11. The first-order chi connectivity index (χ1) is 18.8. The van der Waals surface area contributed by atoms with Gasteiger partial charge in [-0.25, -0.2) is 0 Å². The average molecular weight is 553 g/mol. The predicted molar refractivity (Wildman–Crippen MR) is 166 cm³/mol. The second-order valence-electron chi connectivity index (χ2n) is 10.2. The van der Waals surface area contributed by atoms with Crippen LogP contribution in [-0.4, -0.2) is 34.0 Å². The maximum absolute atomic E-state index is 5.94. The third kappa shape index (κ3) is 9.08. The van der Waals surface area contributed by atoms with Crippen LogP contribution in [0.3, 0.4) is 0 Å². The molecule has 0 N–H and O–H groups in total. The Hall–Kier alpha value is -1.92. The zero-order valence-electron chi connectivity index (χ0n) is 23.2. The van der Waals surface area contributed by atoms with Crippen molar-refractivity contribution < 1.29 is 9.47 Å². The third-order valence-corrected chi connectivity index (χ3v) is 9.44. The van der Waals surface area contributed by atoms with Crippen molar-refractivity contribution in [1.82, 2.24) is 0 Å². The van der Waals surface area contributed by atoms with Crippen molar-refractivity contribution in [2.45, 2.75) is 102 Å². The Bertz CT molecular complexity index is 937. The fourth-order valence-corrected chi connectivity index (χ4v) is 7.12. The van der Waals surface area contributed by atoms with Gasteiger partial charge in [0.15, 0.2) is 0 Å². The quantitative estimate of drug-likeness (QED) is 0.173. The first-order valence-electron chi connectivity index (χ1n) is 14.7. The summed E-state index contributed by atoms with van der Waals surface area (Å²) < 4.78 is 11.9. The number of thioether (sulfide) groups is 2. The molecular weight excluding hydrogens is 508 g/mol. The van der Waals surface area contributed by atoms with Gasteiger partial charge in [0.05, 0.1) is 13.2 Å². The lowest BCUT2D eigenvalue weighted by molar-refractivity contribution is 0.304. The van der Waals surface area contributed by atoms with Gasteiger partial charge >= 0.3 is 0 Å². The molecule has 6 heteroatoms. The topological polar surface area (TPSA) is 43.2 Å². The van der Waals surface area contributed by atoms with Gasteiger partial charge in [-0.05, 0) is 61.4 Å². The van der Waals surface area contributed by atoms with E-state index in [2.05, 4.69) is 62.4 Å². The maximum Gasteiger partial charge on any atom is 0.134 e. The zero-order chi connectivity index (χ0) is 26.4. The Kier molecular flexibility index (Phi) is 12.4. The van der Waals surface area contributed by atoms with E-state index in [1.807, 2.05) is 0 Å². The molecule has 4 nitrogen and oxygen atoms in total. The highest BCUT2D eigenvalue weighted by molar-refractivity contribution is 8.20.